The SMILES string of the molecule is CCOC(=O)C1(NCCCN=[N+]=[N-])CCS(=O)(=O)C1. The van der Waals surface area contributed by atoms with Gasteiger partial charge in [-0.2, -0.15) is 0 Å². The van der Waals surface area contributed by atoms with Crippen LogP contribution in [0.25, 0.3) is 10.4 Å². The topological polar surface area (TPSA) is 121 Å². The summed E-state index contributed by atoms with van der Waals surface area (Å²) >= 11 is 0. The smallest absolute Gasteiger partial charge is 0.327 e. The molecule has 0 aromatic rings. The third-order valence-electron chi connectivity index (χ3n) is 2.93. The average molecular weight is 290 g/mol. The molecule has 0 spiro atoms. The van der Waals surface area contributed by atoms with E-state index < -0.39 is 21.3 Å². The number of rotatable bonds is 7. The maximum Gasteiger partial charge on any atom is 0.327 e. The van der Waals surface area contributed by atoms with Gasteiger partial charge in [-0.3, -0.25) is 4.79 Å². The Hall–Kier alpha value is -1.31. The molecule has 1 aliphatic rings. The standard InChI is InChI=1S/C10H18N4O4S/c1-2-18-9(15)10(4-7-19(16,17)8-10)12-5-3-6-13-14-11/h12H,2-8H2,1H3. The van der Waals surface area contributed by atoms with Crippen molar-refractivity contribution >= 4 is 15.8 Å². The average Bonchev–Trinajstić information content (AvgIpc) is 2.66. The number of carbonyl (C=O) groups is 1. The van der Waals surface area contributed by atoms with Gasteiger partial charge in [0.1, 0.15) is 5.54 Å². The van der Waals surface area contributed by atoms with Crippen LogP contribution in [0.3, 0.4) is 0 Å². The molecule has 1 aliphatic heterocycles. The lowest BCUT2D eigenvalue weighted by Gasteiger charge is -2.26. The highest BCUT2D eigenvalue weighted by Crippen LogP contribution is 2.25. The van der Waals surface area contributed by atoms with E-state index >= 15 is 0 Å². The first-order valence-electron chi connectivity index (χ1n) is 6.09. The third kappa shape index (κ3) is 4.38. The first-order chi connectivity index (χ1) is 8.96. The van der Waals surface area contributed by atoms with Gasteiger partial charge in [0.15, 0.2) is 9.84 Å². The molecular formula is C10H18N4O4S. The van der Waals surface area contributed by atoms with Gasteiger partial charge in [-0.1, -0.05) is 5.11 Å². The maximum atomic E-state index is 11.9. The Balaban J connectivity index is 2.66. The molecule has 108 valence electrons. The van der Waals surface area contributed by atoms with Crippen molar-refractivity contribution in [3.05, 3.63) is 10.4 Å². The minimum absolute atomic E-state index is 0.0187. The monoisotopic (exact) mass is 290 g/mol. The minimum Gasteiger partial charge on any atom is -0.465 e. The van der Waals surface area contributed by atoms with Crippen LogP contribution in [-0.2, 0) is 19.4 Å². The van der Waals surface area contributed by atoms with Gasteiger partial charge in [0.05, 0.1) is 18.1 Å². The van der Waals surface area contributed by atoms with E-state index in [9.17, 15) is 13.2 Å². The highest BCUT2D eigenvalue weighted by Gasteiger charge is 2.48. The molecule has 1 N–H and O–H groups in total. The Morgan fingerprint density at radius 3 is 2.84 bits per heavy atom. The quantitative estimate of drug-likeness (QED) is 0.239. The van der Waals surface area contributed by atoms with Gasteiger partial charge in [-0.25, -0.2) is 8.42 Å². The Morgan fingerprint density at radius 1 is 1.58 bits per heavy atom. The Morgan fingerprint density at radius 2 is 2.32 bits per heavy atom. The molecular weight excluding hydrogens is 272 g/mol. The summed E-state index contributed by atoms with van der Waals surface area (Å²) in [5, 5.41) is 6.33. The summed E-state index contributed by atoms with van der Waals surface area (Å²) < 4.78 is 28.1. The molecule has 0 aliphatic carbocycles. The lowest BCUT2D eigenvalue weighted by Crippen LogP contribution is -2.54. The summed E-state index contributed by atoms with van der Waals surface area (Å²) in [5.74, 6) is -0.782. The summed E-state index contributed by atoms with van der Waals surface area (Å²) in [6.45, 7) is 2.58. The lowest BCUT2D eigenvalue weighted by molar-refractivity contribution is -0.150. The molecule has 1 rings (SSSR count). The van der Waals surface area contributed by atoms with Crippen molar-refractivity contribution < 1.29 is 17.9 Å². The maximum absolute atomic E-state index is 11.9. The number of nitrogens with one attached hydrogen (secondary N) is 1. The van der Waals surface area contributed by atoms with E-state index in [-0.39, 0.29) is 24.5 Å². The summed E-state index contributed by atoms with van der Waals surface area (Å²) in [5.41, 5.74) is 6.99. The highest BCUT2D eigenvalue weighted by atomic mass is 32.2. The zero-order chi connectivity index (χ0) is 14.4. The Bertz CT molecular complexity index is 472. The molecule has 0 bridgehead atoms. The second-order valence-corrected chi connectivity index (χ2v) is 6.56. The van der Waals surface area contributed by atoms with Gasteiger partial charge >= 0.3 is 5.97 Å². The first-order valence-corrected chi connectivity index (χ1v) is 7.91. The van der Waals surface area contributed by atoms with Gasteiger partial charge in [-0.15, -0.1) is 0 Å². The summed E-state index contributed by atoms with van der Waals surface area (Å²) in [4.78, 5) is 14.6. The van der Waals surface area contributed by atoms with Gasteiger partial charge in [-0.05, 0) is 31.8 Å². The number of carbonyl (C=O) groups excluding carboxylic acids is 1. The van der Waals surface area contributed by atoms with E-state index in [0.29, 0.717) is 19.5 Å². The Kier molecular flexibility index (Phi) is 5.59. The largest absolute Gasteiger partial charge is 0.465 e. The third-order valence-corrected chi connectivity index (χ3v) is 4.69. The molecule has 0 radical (unpaired) electrons. The van der Waals surface area contributed by atoms with Gasteiger partial charge < -0.3 is 10.1 Å². The fourth-order valence-electron chi connectivity index (χ4n) is 2.01. The number of azide groups is 1. The van der Waals surface area contributed by atoms with Crippen LogP contribution < -0.4 is 5.32 Å². The molecule has 0 aromatic heterocycles. The number of hydrogen-bond acceptors (Lipinski definition) is 6. The van der Waals surface area contributed by atoms with Gasteiger partial charge in [0.25, 0.3) is 0 Å². The lowest BCUT2D eigenvalue weighted by atomic mass is 9.99. The van der Waals surface area contributed by atoms with Gasteiger partial charge in [0.2, 0.25) is 0 Å². The van der Waals surface area contributed by atoms with E-state index in [4.69, 9.17) is 10.3 Å². The molecule has 1 atom stereocenters. The Labute approximate surface area is 112 Å². The van der Waals surface area contributed by atoms with Crippen molar-refractivity contribution in [3.63, 3.8) is 0 Å². The summed E-state index contributed by atoms with van der Waals surface area (Å²) in [6, 6.07) is 0. The zero-order valence-corrected chi connectivity index (χ0v) is 11.6. The van der Waals surface area contributed by atoms with E-state index in [1.165, 1.54) is 0 Å². The normalized spacial score (nSPS) is 24.7. The highest BCUT2D eigenvalue weighted by molar-refractivity contribution is 7.91. The summed E-state index contributed by atoms with van der Waals surface area (Å²) in [6.07, 6.45) is 0.751. The number of nitrogens with zero attached hydrogens (tertiary/aromatic N) is 3. The fraction of sp³-hybridized carbons (Fsp3) is 0.900. The van der Waals surface area contributed by atoms with Crippen LogP contribution >= 0.6 is 0 Å². The van der Waals surface area contributed by atoms with Crippen molar-refractivity contribution in [1.82, 2.24) is 5.32 Å². The van der Waals surface area contributed by atoms with Crippen molar-refractivity contribution in [2.45, 2.75) is 25.3 Å². The predicted molar refractivity (Wildman–Crippen MR) is 69.3 cm³/mol. The van der Waals surface area contributed by atoms with Crippen molar-refractivity contribution in [2.75, 3.05) is 31.2 Å². The van der Waals surface area contributed by atoms with Crippen molar-refractivity contribution in [1.29, 1.82) is 0 Å². The molecule has 19 heavy (non-hydrogen) atoms. The molecule has 1 heterocycles. The van der Waals surface area contributed by atoms with Crippen LogP contribution in [0.1, 0.15) is 19.8 Å². The molecule has 0 aromatic carbocycles. The number of ether oxygens (including phenoxy) is 1. The summed E-state index contributed by atoms with van der Waals surface area (Å²) in [7, 11) is -3.21. The second-order valence-electron chi connectivity index (χ2n) is 4.38. The van der Waals surface area contributed by atoms with Crippen molar-refractivity contribution in [3.8, 4) is 0 Å². The van der Waals surface area contributed by atoms with E-state index in [1.54, 1.807) is 6.92 Å². The van der Waals surface area contributed by atoms with Gasteiger partial charge in [0, 0.05) is 11.5 Å². The van der Waals surface area contributed by atoms with E-state index in [2.05, 4.69) is 15.3 Å². The fourth-order valence-corrected chi connectivity index (χ4v) is 3.93. The zero-order valence-electron chi connectivity index (χ0n) is 10.8. The predicted octanol–water partition coefficient (Wildman–Crippen LogP) is 0.397. The van der Waals surface area contributed by atoms with E-state index in [1.807, 2.05) is 0 Å². The van der Waals surface area contributed by atoms with Crippen LogP contribution in [0.15, 0.2) is 5.11 Å². The van der Waals surface area contributed by atoms with Crippen LogP contribution in [0.4, 0.5) is 0 Å². The van der Waals surface area contributed by atoms with Crippen LogP contribution in [0.5, 0.6) is 0 Å². The molecule has 1 fully saturated rings. The van der Waals surface area contributed by atoms with Crippen LogP contribution in [-0.4, -0.2) is 51.1 Å². The molecule has 8 nitrogen and oxygen atoms in total. The molecule has 9 heteroatoms. The number of esters is 1. The molecule has 0 saturated carbocycles. The van der Waals surface area contributed by atoms with Crippen LogP contribution in [0, 0.1) is 0 Å². The molecule has 1 unspecified atom stereocenters. The number of sulfone groups is 1. The molecule has 0 amide bonds. The van der Waals surface area contributed by atoms with Crippen molar-refractivity contribution in [2.24, 2.45) is 5.11 Å². The van der Waals surface area contributed by atoms with E-state index in [0.717, 1.165) is 0 Å². The first kappa shape index (κ1) is 15.7. The number of hydrogen-bond donors (Lipinski definition) is 1. The minimum atomic E-state index is -3.21. The molecule has 1 saturated heterocycles. The van der Waals surface area contributed by atoms with Crippen LogP contribution in [0.2, 0.25) is 0 Å². The second kappa shape index (κ2) is 6.74.